The Hall–Kier alpha value is -2.56. The Kier molecular flexibility index (Phi) is 6.78. The monoisotopic (exact) mass is 410 g/mol. The summed E-state index contributed by atoms with van der Waals surface area (Å²) in [7, 11) is 0. The van der Waals surface area contributed by atoms with Crippen LogP contribution in [0.3, 0.4) is 0 Å². The van der Waals surface area contributed by atoms with Crippen molar-refractivity contribution < 1.29 is 9.53 Å². The first kappa shape index (κ1) is 21.2. The van der Waals surface area contributed by atoms with Crippen LogP contribution in [-0.4, -0.2) is 42.4 Å². The third-order valence-corrected chi connectivity index (χ3v) is 6.33. The summed E-state index contributed by atoms with van der Waals surface area (Å²) in [5.74, 6) is -0.115. The van der Waals surface area contributed by atoms with Gasteiger partial charge >= 0.3 is 0 Å². The van der Waals surface area contributed by atoms with Gasteiger partial charge in [-0.05, 0) is 63.1 Å². The second kappa shape index (κ2) is 9.29. The van der Waals surface area contributed by atoms with Gasteiger partial charge in [0.15, 0.2) is 0 Å². The Labute approximate surface area is 176 Å². The van der Waals surface area contributed by atoms with Crippen molar-refractivity contribution in [2.75, 3.05) is 36.5 Å². The number of thioether (sulfide) groups is 1. The Morgan fingerprint density at radius 3 is 2.48 bits per heavy atom. The van der Waals surface area contributed by atoms with Crippen LogP contribution >= 0.6 is 11.8 Å². The molecule has 0 spiro atoms. The maximum Gasteiger partial charge on any atom is 0.237 e. The van der Waals surface area contributed by atoms with Gasteiger partial charge in [-0.25, -0.2) is 4.98 Å². The molecule has 0 aliphatic carbocycles. The molecular formula is C22H26N4O2S. The summed E-state index contributed by atoms with van der Waals surface area (Å²) >= 11 is 1.32. The van der Waals surface area contributed by atoms with Crippen LogP contribution in [0.25, 0.3) is 0 Å². The maximum atomic E-state index is 12.7. The van der Waals surface area contributed by atoms with E-state index in [1.807, 2.05) is 52.0 Å². The van der Waals surface area contributed by atoms with E-state index in [1.54, 1.807) is 0 Å². The number of aromatic nitrogens is 1. The number of carbonyl (C=O) groups excluding carboxylic acids is 1. The first-order chi connectivity index (χ1) is 13.9. The number of ether oxygens (including phenoxy) is 1. The lowest BCUT2D eigenvalue weighted by atomic mass is 10.1. The zero-order valence-electron chi connectivity index (χ0n) is 17.3. The second-order valence-corrected chi connectivity index (χ2v) is 8.46. The molecule has 0 radical (unpaired) electrons. The fourth-order valence-corrected chi connectivity index (χ4v) is 4.18. The molecule has 1 N–H and O–H groups in total. The average molecular weight is 411 g/mol. The molecule has 1 aliphatic heterocycles. The highest BCUT2D eigenvalue weighted by atomic mass is 32.2. The molecule has 1 aromatic heterocycles. The number of rotatable bonds is 5. The molecule has 1 aromatic carbocycles. The Morgan fingerprint density at radius 2 is 1.86 bits per heavy atom. The molecule has 1 atom stereocenters. The van der Waals surface area contributed by atoms with Gasteiger partial charge in [0.25, 0.3) is 0 Å². The van der Waals surface area contributed by atoms with E-state index < -0.39 is 0 Å². The smallest absolute Gasteiger partial charge is 0.237 e. The molecular weight excluding hydrogens is 384 g/mol. The number of hydrogen-bond donors (Lipinski definition) is 1. The summed E-state index contributed by atoms with van der Waals surface area (Å²) in [5.41, 5.74) is 5.26. The predicted molar refractivity (Wildman–Crippen MR) is 117 cm³/mol. The normalized spacial score (nSPS) is 14.9. The lowest BCUT2D eigenvalue weighted by molar-refractivity contribution is -0.115. The number of pyridine rings is 1. The van der Waals surface area contributed by atoms with Crippen LogP contribution in [0.5, 0.6) is 0 Å². The zero-order valence-corrected chi connectivity index (χ0v) is 18.1. The van der Waals surface area contributed by atoms with Crippen LogP contribution in [0.1, 0.15) is 29.3 Å². The molecule has 0 bridgehead atoms. The summed E-state index contributed by atoms with van der Waals surface area (Å²) in [5, 5.41) is 12.7. The van der Waals surface area contributed by atoms with Crippen molar-refractivity contribution >= 4 is 29.0 Å². The van der Waals surface area contributed by atoms with E-state index in [2.05, 4.69) is 21.3 Å². The predicted octanol–water partition coefficient (Wildman–Crippen LogP) is 3.83. The highest BCUT2D eigenvalue weighted by molar-refractivity contribution is 8.00. The van der Waals surface area contributed by atoms with Gasteiger partial charge in [-0.15, -0.1) is 0 Å². The summed E-state index contributed by atoms with van der Waals surface area (Å²) in [6, 6.07) is 10.1. The third kappa shape index (κ3) is 4.89. The molecule has 2 aromatic rings. The average Bonchev–Trinajstić information content (AvgIpc) is 2.73. The molecule has 3 rings (SSSR count). The Morgan fingerprint density at radius 1 is 1.21 bits per heavy atom. The lowest BCUT2D eigenvalue weighted by Crippen LogP contribution is -2.36. The summed E-state index contributed by atoms with van der Waals surface area (Å²) in [6.07, 6.45) is 0. The van der Waals surface area contributed by atoms with E-state index in [4.69, 9.17) is 4.74 Å². The van der Waals surface area contributed by atoms with Crippen LogP contribution in [-0.2, 0) is 9.53 Å². The minimum absolute atomic E-state index is 0.115. The first-order valence-electron chi connectivity index (χ1n) is 9.69. The van der Waals surface area contributed by atoms with E-state index in [9.17, 15) is 10.1 Å². The molecule has 29 heavy (non-hydrogen) atoms. The number of morpholine rings is 1. The lowest BCUT2D eigenvalue weighted by Gasteiger charge is -2.28. The summed E-state index contributed by atoms with van der Waals surface area (Å²) < 4.78 is 5.38. The molecule has 1 saturated heterocycles. The Balaban J connectivity index is 1.66. The maximum absolute atomic E-state index is 12.7. The number of nitrogens with zero attached hydrogens (tertiary/aromatic N) is 3. The summed E-state index contributed by atoms with van der Waals surface area (Å²) in [4.78, 5) is 19.5. The molecule has 2 heterocycles. The largest absolute Gasteiger partial charge is 0.378 e. The first-order valence-corrected chi connectivity index (χ1v) is 10.6. The van der Waals surface area contributed by atoms with Crippen LogP contribution in [0.4, 0.5) is 11.4 Å². The number of nitrogens with one attached hydrogen (secondary N) is 1. The van der Waals surface area contributed by atoms with Crippen molar-refractivity contribution in [1.29, 1.82) is 5.26 Å². The summed E-state index contributed by atoms with van der Waals surface area (Å²) in [6.45, 7) is 10.9. The van der Waals surface area contributed by atoms with Crippen molar-refractivity contribution in [3.8, 4) is 6.07 Å². The van der Waals surface area contributed by atoms with Crippen LogP contribution in [0.15, 0.2) is 29.3 Å². The number of hydrogen-bond acceptors (Lipinski definition) is 6. The van der Waals surface area contributed by atoms with E-state index in [-0.39, 0.29) is 11.2 Å². The fraction of sp³-hybridized carbons (Fsp3) is 0.409. The van der Waals surface area contributed by atoms with E-state index in [1.165, 1.54) is 11.8 Å². The van der Waals surface area contributed by atoms with Gasteiger partial charge in [0.2, 0.25) is 5.91 Å². The minimum atomic E-state index is -0.380. The Bertz CT molecular complexity index is 931. The van der Waals surface area contributed by atoms with Gasteiger partial charge < -0.3 is 15.0 Å². The molecule has 1 aliphatic rings. The standard InChI is InChI=1S/C22H26N4O2S/c1-14-15(2)20(13-23)22(24-16(14)3)29-17(4)21(27)25-18-5-7-19(8-6-18)26-9-11-28-12-10-26/h5-8,17H,9-12H2,1-4H3,(H,25,27)/t17-/m0/s1. The van der Waals surface area contributed by atoms with Gasteiger partial charge in [0, 0.05) is 30.2 Å². The topological polar surface area (TPSA) is 78.2 Å². The molecule has 6 nitrogen and oxygen atoms in total. The number of amides is 1. The van der Waals surface area contributed by atoms with Crippen LogP contribution in [0, 0.1) is 32.1 Å². The van der Waals surface area contributed by atoms with Crippen molar-refractivity contribution in [3.05, 3.63) is 46.6 Å². The number of aryl methyl sites for hydroxylation is 1. The molecule has 0 unspecified atom stereocenters. The van der Waals surface area contributed by atoms with Crippen LogP contribution < -0.4 is 10.2 Å². The van der Waals surface area contributed by atoms with Gasteiger partial charge in [0.1, 0.15) is 11.1 Å². The molecule has 0 saturated carbocycles. The number of benzene rings is 1. The number of anilines is 2. The highest BCUT2D eigenvalue weighted by Gasteiger charge is 2.20. The van der Waals surface area contributed by atoms with Crippen molar-refractivity contribution in [1.82, 2.24) is 4.98 Å². The molecule has 1 fully saturated rings. The van der Waals surface area contributed by atoms with Crippen molar-refractivity contribution in [2.45, 2.75) is 38.0 Å². The van der Waals surface area contributed by atoms with Gasteiger partial charge in [-0.2, -0.15) is 5.26 Å². The highest BCUT2D eigenvalue weighted by Crippen LogP contribution is 2.30. The van der Waals surface area contributed by atoms with Crippen LogP contribution in [0.2, 0.25) is 0 Å². The molecule has 1 amide bonds. The van der Waals surface area contributed by atoms with E-state index in [0.29, 0.717) is 10.6 Å². The second-order valence-electron chi connectivity index (χ2n) is 7.13. The van der Waals surface area contributed by atoms with Gasteiger partial charge in [-0.3, -0.25) is 4.79 Å². The fourth-order valence-electron chi connectivity index (χ4n) is 3.17. The minimum Gasteiger partial charge on any atom is -0.378 e. The number of nitriles is 1. The van der Waals surface area contributed by atoms with E-state index in [0.717, 1.165) is 54.5 Å². The quantitative estimate of drug-likeness (QED) is 0.755. The zero-order chi connectivity index (χ0) is 21.0. The van der Waals surface area contributed by atoms with Gasteiger partial charge in [-0.1, -0.05) is 11.8 Å². The molecule has 152 valence electrons. The van der Waals surface area contributed by atoms with Gasteiger partial charge in [0.05, 0.1) is 24.0 Å². The number of carbonyl (C=O) groups is 1. The SMILES string of the molecule is Cc1nc(S[C@@H](C)C(=O)Nc2ccc(N3CCOCC3)cc2)c(C#N)c(C)c1C. The van der Waals surface area contributed by atoms with Crippen molar-refractivity contribution in [3.63, 3.8) is 0 Å². The van der Waals surface area contributed by atoms with E-state index >= 15 is 0 Å². The molecule has 7 heteroatoms. The van der Waals surface area contributed by atoms with Crippen molar-refractivity contribution in [2.24, 2.45) is 0 Å². The third-order valence-electron chi connectivity index (χ3n) is 5.24.